The van der Waals surface area contributed by atoms with Gasteiger partial charge in [0.15, 0.2) is 11.5 Å². The lowest BCUT2D eigenvalue weighted by atomic mass is 10.1. The number of rotatable bonds is 2. The fourth-order valence-corrected chi connectivity index (χ4v) is 2.14. The predicted octanol–water partition coefficient (Wildman–Crippen LogP) is 4.70. The first-order valence-corrected chi connectivity index (χ1v) is 6.39. The molecule has 0 aliphatic rings. The van der Waals surface area contributed by atoms with E-state index < -0.39 is 0 Å². The predicted molar refractivity (Wildman–Crippen MR) is 78.8 cm³/mol. The first-order valence-electron chi connectivity index (χ1n) is 6.01. The van der Waals surface area contributed by atoms with Gasteiger partial charge in [0.05, 0.1) is 0 Å². The minimum atomic E-state index is -0.0108. The Kier molecular flexibility index (Phi) is 3.12. The Balaban J connectivity index is 1.96. The van der Waals surface area contributed by atoms with Gasteiger partial charge >= 0.3 is 0 Å². The van der Waals surface area contributed by atoms with E-state index in [1.807, 2.05) is 12.1 Å². The maximum Gasteiger partial charge on any atom is 0.169 e. The van der Waals surface area contributed by atoms with Gasteiger partial charge in [0.25, 0.3) is 0 Å². The van der Waals surface area contributed by atoms with Crippen molar-refractivity contribution < 1.29 is 14.9 Å². The molecule has 0 fully saturated rings. The Labute approximate surface area is 120 Å². The molecule has 100 valence electrons. The number of benzene rings is 3. The fourth-order valence-electron chi connectivity index (χ4n) is 1.98. The number of aromatic hydroxyl groups is 2. The van der Waals surface area contributed by atoms with Gasteiger partial charge in [0.2, 0.25) is 0 Å². The summed E-state index contributed by atoms with van der Waals surface area (Å²) in [5.41, 5.74) is 0. The zero-order valence-electron chi connectivity index (χ0n) is 10.4. The highest BCUT2D eigenvalue weighted by atomic mass is 35.5. The molecule has 0 aliphatic heterocycles. The van der Waals surface area contributed by atoms with Crippen LogP contribution >= 0.6 is 11.6 Å². The highest BCUT2D eigenvalue weighted by Gasteiger charge is 2.05. The number of hydrogen-bond acceptors (Lipinski definition) is 3. The molecule has 0 bridgehead atoms. The molecule has 0 amide bonds. The number of phenols is 2. The van der Waals surface area contributed by atoms with Crippen molar-refractivity contribution >= 4 is 22.4 Å². The van der Waals surface area contributed by atoms with Crippen LogP contribution in [0, 0.1) is 0 Å². The monoisotopic (exact) mass is 286 g/mol. The van der Waals surface area contributed by atoms with Crippen molar-refractivity contribution in [2.24, 2.45) is 0 Å². The van der Waals surface area contributed by atoms with Crippen LogP contribution in [0.2, 0.25) is 5.02 Å². The average molecular weight is 287 g/mol. The van der Waals surface area contributed by atoms with Gasteiger partial charge < -0.3 is 14.9 Å². The summed E-state index contributed by atoms with van der Waals surface area (Å²) in [5, 5.41) is 21.5. The Hall–Kier alpha value is -2.39. The summed E-state index contributed by atoms with van der Waals surface area (Å²) in [5.74, 6) is 1.15. The van der Waals surface area contributed by atoms with Crippen LogP contribution in [0.1, 0.15) is 0 Å². The van der Waals surface area contributed by atoms with Gasteiger partial charge in [-0.2, -0.15) is 0 Å². The molecule has 0 saturated carbocycles. The van der Waals surface area contributed by atoms with Crippen LogP contribution in [0.5, 0.6) is 23.0 Å². The van der Waals surface area contributed by atoms with E-state index in [0.717, 1.165) is 10.8 Å². The topological polar surface area (TPSA) is 49.7 Å². The molecule has 4 heteroatoms. The second kappa shape index (κ2) is 4.94. The van der Waals surface area contributed by atoms with Crippen molar-refractivity contribution in [3.8, 4) is 23.0 Å². The quantitative estimate of drug-likeness (QED) is 0.718. The van der Waals surface area contributed by atoms with E-state index in [0.29, 0.717) is 16.5 Å². The van der Waals surface area contributed by atoms with Gasteiger partial charge in [0.1, 0.15) is 11.5 Å². The smallest absolute Gasteiger partial charge is 0.169 e. The second-order valence-electron chi connectivity index (χ2n) is 4.41. The van der Waals surface area contributed by atoms with Crippen molar-refractivity contribution in [1.29, 1.82) is 0 Å². The van der Waals surface area contributed by atoms with Crippen LogP contribution in [0.15, 0.2) is 54.6 Å². The van der Waals surface area contributed by atoms with Crippen LogP contribution in [0.25, 0.3) is 10.8 Å². The number of phenolic OH excluding ortho intramolecular Hbond substituents is 2. The molecule has 0 radical (unpaired) electrons. The lowest BCUT2D eigenvalue weighted by Crippen LogP contribution is -1.85. The third kappa shape index (κ3) is 2.49. The van der Waals surface area contributed by atoms with Gasteiger partial charge in [-0.1, -0.05) is 23.7 Å². The third-order valence-electron chi connectivity index (χ3n) is 2.94. The molecule has 2 N–H and O–H groups in total. The molecule has 20 heavy (non-hydrogen) atoms. The lowest BCUT2D eigenvalue weighted by molar-refractivity contribution is 0.411. The maximum atomic E-state index is 9.76. The van der Waals surface area contributed by atoms with E-state index >= 15 is 0 Å². The van der Waals surface area contributed by atoms with E-state index in [2.05, 4.69) is 0 Å². The van der Waals surface area contributed by atoms with Crippen molar-refractivity contribution in [1.82, 2.24) is 0 Å². The molecule has 0 aliphatic carbocycles. The van der Waals surface area contributed by atoms with Gasteiger partial charge in [0, 0.05) is 11.1 Å². The first kappa shape index (κ1) is 12.6. The van der Waals surface area contributed by atoms with E-state index in [1.165, 1.54) is 6.07 Å². The number of halogens is 1. The molecule has 0 saturated heterocycles. The largest absolute Gasteiger partial charge is 0.508 e. The first-order chi connectivity index (χ1) is 9.61. The molecular weight excluding hydrogens is 276 g/mol. The number of fused-ring (bicyclic) bond motifs is 1. The van der Waals surface area contributed by atoms with Gasteiger partial charge in [-0.25, -0.2) is 0 Å². The summed E-state index contributed by atoms with van der Waals surface area (Å²) in [6.45, 7) is 0. The van der Waals surface area contributed by atoms with E-state index in [1.54, 1.807) is 36.4 Å². The SMILES string of the molecule is Oc1ccc2cc(Oc3ccc(Cl)cc3O)ccc2c1. The molecule has 0 unspecified atom stereocenters. The van der Waals surface area contributed by atoms with Crippen LogP contribution in [-0.4, -0.2) is 10.2 Å². The molecule has 0 spiro atoms. The van der Waals surface area contributed by atoms with E-state index in [-0.39, 0.29) is 11.5 Å². The molecule has 3 nitrogen and oxygen atoms in total. The maximum absolute atomic E-state index is 9.76. The number of ether oxygens (including phenoxy) is 1. The molecule has 3 aromatic rings. The highest BCUT2D eigenvalue weighted by molar-refractivity contribution is 6.30. The third-order valence-corrected chi connectivity index (χ3v) is 3.18. The van der Waals surface area contributed by atoms with Crippen LogP contribution < -0.4 is 4.74 Å². The fraction of sp³-hybridized carbons (Fsp3) is 0. The molecule has 3 aromatic carbocycles. The standard InChI is InChI=1S/C16H11ClO3/c17-12-3-6-16(15(19)9-12)20-14-5-2-10-7-13(18)4-1-11(10)8-14/h1-9,18-19H. The van der Waals surface area contributed by atoms with Crippen molar-refractivity contribution in [3.05, 3.63) is 59.6 Å². The minimum absolute atomic E-state index is 0.0108. The Bertz CT molecular complexity index is 784. The summed E-state index contributed by atoms with van der Waals surface area (Å²) in [6.07, 6.45) is 0. The Morgan fingerprint density at radius 1 is 0.800 bits per heavy atom. The van der Waals surface area contributed by atoms with Crippen molar-refractivity contribution in [2.75, 3.05) is 0 Å². The Morgan fingerprint density at radius 3 is 2.35 bits per heavy atom. The average Bonchev–Trinajstić information content (AvgIpc) is 2.42. The highest BCUT2D eigenvalue weighted by Crippen LogP contribution is 2.34. The molecular formula is C16H11ClO3. The Morgan fingerprint density at radius 2 is 1.55 bits per heavy atom. The summed E-state index contributed by atoms with van der Waals surface area (Å²) in [4.78, 5) is 0. The zero-order valence-corrected chi connectivity index (χ0v) is 11.1. The normalized spacial score (nSPS) is 10.7. The van der Waals surface area contributed by atoms with E-state index in [9.17, 15) is 10.2 Å². The molecule has 0 heterocycles. The lowest BCUT2D eigenvalue weighted by Gasteiger charge is -2.09. The van der Waals surface area contributed by atoms with Crippen molar-refractivity contribution in [3.63, 3.8) is 0 Å². The summed E-state index contributed by atoms with van der Waals surface area (Å²) < 4.78 is 5.63. The van der Waals surface area contributed by atoms with Crippen LogP contribution in [0.3, 0.4) is 0 Å². The molecule has 0 aromatic heterocycles. The van der Waals surface area contributed by atoms with Crippen molar-refractivity contribution in [2.45, 2.75) is 0 Å². The molecule has 3 rings (SSSR count). The van der Waals surface area contributed by atoms with Gasteiger partial charge in [-0.15, -0.1) is 0 Å². The van der Waals surface area contributed by atoms with Gasteiger partial charge in [-0.3, -0.25) is 0 Å². The minimum Gasteiger partial charge on any atom is -0.508 e. The zero-order chi connectivity index (χ0) is 14.1. The summed E-state index contributed by atoms with van der Waals surface area (Å²) in [7, 11) is 0. The number of hydrogen-bond donors (Lipinski definition) is 2. The van der Waals surface area contributed by atoms with Gasteiger partial charge in [-0.05, 0) is 47.2 Å². The van der Waals surface area contributed by atoms with E-state index in [4.69, 9.17) is 16.3 Å². The van der Waals surface area contributed by atoms with Crippen LogP contribution in [0.4, 0.5) is 0 Å². The summed E-state index contributed by atoms with van der Waals surface area (Å²) in [6, 6.07) is 15.2. The van der Waals surface area contributed by atoms with Crippen LogP contribution in [-0.2, 0) is 0 Å². The second-order valence-corrected chi connectivity index (χ2v) is 4.84. The summed E-state index contributed by atoms with van der Waals surface area (Å²) >= 11 is 5.77. The molecule has 0 atom stereocenters.